The molecule has 0 aromatic heterocycles. The molecule has 0 aromatic carbocycles. The van der Waals surface area contributed by atoms with Crippen LogP contribution in [0.2, 0.25) is 0 Å². The summed E-state index contributed by atoms with van der Waals surface area (Å²) in [5.41, 5.74) is 0.611. The van der Waals surface area contributed by atoms with Gasteiger partial charge in [0.15, 0.2) is 11.9 Å². The molecule has 0 aliphatic heterocycles. The van der Waals surface area contributed by atoms with Crippen molar-refractivity contribution >= 4 is 11.8 Å². The second-order valence-corrected chi connectivity index (χ2v) is 13.2. The summed E-state index contributed by atoms with van der Waals surface area (Å²) in [6.07, 6.45) is 13.0. The zero-order chi connectivity index (χ0) is 23.3. The van der Waals surface area contributed by atoms with E-state index in [1.807, 2.05) is 0 Å². The van der Waals surface area contributed by atoms with Gasteiger partial charge in [0.25, 0.3) is 0 Å². The van der Waals surface area contributed by atoms with E-state index in [2.05, 4.69) is 34.6 Å². The first-order chi connectivity index (χ1) is 15.1. The van der Waals surface area contributed by atoms with Gasteiger partial charge < -0.3 is 4.74 Å². The summed E-state index contributed by atoms with van der Waals surface area (Å²) < 4.78 is 5.42. The molecular weight excluding hydrogens is 396 g/mol. The zero-order valence-corrected chi connectivity index (χ0v) is 21.6. The lowest BCUT2D eigenvalue weighted by molar-refractivity contribution is -0.170. The van der Waals surface area contributed by atoms with Crippen molar-refractivity contribution < 1.29 is 14.3 Å². The molecule has 3 nitrogen and oxygen atoms in total. The van der Waals surface area contributed by atoms with Crippen molar-refractivity contribution in [2.75, 3.05) is 0 Å². The van der Waals surface area contributed by atoms with E-state index in [9.17, 15) is 9.59 Å². The molecule has 32 heavy (non-hydrogen) atoms. The van der Waals surface area contributed by atoms with Crippen molar-refractivity contribution in [2.45, 2.75) is 118 Å². The Morgan fingerprint density at radius 3 is 2.41 bits per heavy atom. The first-order valence-corrected chi connectivity index (χ1v) is 13.8. The molecule has 4 aliphatic rings. The summed E-state index contributed by atoms with van der Waals surface area (Å²) in [5, 5.41) is 0. The van der Waals surface area contributed by atoms with Gasteiger partial charge in [-0.05, 0) is 97.2 Å². The summed E-state index contributed by atoms with van der Waals surface area (Å²) in [4.78, 5) is 24.5. The third-order valence-corrected chi connectivity index (χ3v) is 11.0. The van der Waals surface area contributed by atoms with Crippen LogP contribution >= 0.6 is 0 Å². The molecule has 0 heterocycles. The molecule has 4 rings (SSSR count). The summed E-state index contributed by atoms with van der Waals surface area (Å²) >= 11 is 0. The summed E-state index contributed by atoms with van der Waals surface area (Å²) in [6, 6.07) is 0. The third kappa shape index (κ3) is 4.20. The normalized spacial score (nSPS) is 44.5. The van der Waals surface area contributed by atoms with E-state index in [0.717, 1.165) is 36.0 Å². The van der Waals surface area contributed by atoms with Gasteiger partial charge in [-0.25, -0.2) is 0 Å². The molecule has 4 saturated carbocycles. The van der Waals surface area contributed by atoms with E-state index >= 15 is 0 Å². The van der Waals surface area contributed by atoms with Crippen molar-refractivity contribution in [2.24, 2.45) is 52.3 Å². The smallest absolute Gasteiger partial charge is 0.303 e. The molecule has 0 spiro atoms. The van der Waals surface area contributed by atoms with E-state index in [0.29, 0.717) is 23.7 Å². The summed E-state index contributed by atoms with van der Waals surface area (Å²) in [5.74, 6) is 5.25. The van der Waals surface area contributed by atoms with Crippen LogP contribution in [0.15, 0.2) is 0 Å². The molecular formula is C29H48O3. The second-order valence-electron chi connectivity index (χ2n) is 13.2. The quantitative estimate of drug-likeness (QED) is 0.406. The van der Waals surface area contributed by atoms with E-state index in [-0.39, 0.29) is 17.2 Å². The molecule has 0 amide bonds. The molecule has 3 heteroatoms. The Bertz CT molecular complexity index is 713. The molecule has 0 saturated heterocycles. The number of ether oxygens (including phenoxy) is 1. The van der Waals surface area contributed by atoms with Crippen molar-refractivity contribution in [3.8, 4) is 0 Å². The van der Waals surface area contributed by atoms with Crippen LogP contribution in [0.4, 0.5) is 0 Å². The van der Waals surface area contributed by atoms with Gasteiger partial charge in [0.1, 0.15) is 0 Å². The second kappa shape index (κ2) is 9.06. The maximum absolute atomic E-state index is 13.0. The van der Waals surface area contributed by atoms with E-state index in [1.165, 1.54) is 64.7 Å². The number of Topliss-reactive ketones (excluding diaryl/α,β-unsaturated/α-hetero) is 1. The van der Waals surface area contributed by atoms with Gasteiger partial charge >= 0.3 is 5.97 Å². The average Bonchev–Trinajstić information content (AvgIpc) is 3.05. The first-order valence-electron chi connectivity index (χ1n) is 13.8. The van der Waals surface area contributed by atoms with Gasteiger partial charge in [-0.2, -0.15) is 0 Å². The van der Waals surface area contributed by atoms with Gasteiger partial charge in [0.05, 0.1) is 0 Å². The number of rotatable bonds is 6. The van der Waals surface area contributed by atoms with Crippen LogP contribution in [0.5, 0.6) is 0 Å². The van der Waals surface area contributed by atoms with Crippen LogP contribution in [0.25, 0.3) is 0 Å². The highest BCUT2D eigenvalue weighted by molar-refractivity contribution is 5.86. The topological polar surface area (TPSA) is 43.4 Å². The van der Waals surface area contributed by atoms with Crippen LogP contribution in [0, 0.1) is 52.3 Å². The predicted molar refractivity (Wildman–Crippen MR) is 129 cm³/mol. The van der Waals surface area contributed by atoms with Crippen molar-refractivity contribution in [1.29, 1.82) is 0 Å². The highest BCUT2D eigenvalue weighted by Crippen LogP contribution is 2.68. The SMILES string of the molecule is CC(=O)O[C@H]1C[C@@H]2CC[C@@H]3[C@H](CC[C@]4(C)[C@@H]([C@H](C)CCCC(C)C)CC[C@@H]34)[C@@]2(C)CC1=O. The van der Waals surface area contributed by atoms with Gasteiger partial charge in [-0.1, -0.05) is 53.9 Å². The Balaban J connectivity index is 1.46. The Morgan fingerprint density at radius 2 is 1.72 bits per heavy atom. The number of ketones is 1. The molecule has 182 valence electrons. The number of hydrogen-bond donors (Lipinski definition) is 0. The Kier molecular flexibility index (Phi) is 6.87. The van der Waals surface area contributed by atoms with Gasteiger partial charge in [-0.3, -0.25) is 9.59 Å². The number of carbonyl (C=O) groups excluding carboxylic acids is 2. The maximum Gasteiger partial charge on any atom is 0.303 e. The van der Waals surface area contributed by atoms with Crippen molar-refractivity contribution in [1.82, 2.24) is 0 Å². The molecule has 0 unspecified atom stereocenters. The van der Waals surface area contributed by atoms with E-state index in [1.54, 1.807) is 0 Å². The van der Waals surface area contributed by atoms with Gasteiger partial charge in [-0.15, -0.1) is 0 Å². The average molecular weight is 445 g/mol. The molecule has 4 fully saturated rings. The van der Waals surface area contributed by atoms with Gasteiger partial charge in [0.2, 0.25) is 0 Å². The Labute approximate surface area is 196 Å². The number of fused-ring (bicyclic) bond motifs is 5. The largest absolute Gasteiger partial charge is 0.455 e. The highest BCUT2D eigenvalue weighted by atomic mass is 16.5. The Hall–Kier alpha value is -0.860. The number of esters is 1. The number of hydrogen-bond acceptors (Lipinski definition) is 3. The molecule has 0 bridgehead atoms. The summed E-state index contributed by atoms with van der Waals surface area (Å²) in [7, 11) is 0. The van der Waals surface area contributed by atoms with Crippen LogP contribution in [-0.2, 0) is 14.3 Å². The number of carbonyl (C=O) groups is 2. The van der Waals surface area contributed by atoms with Crippen molar-refractivity contribution in [3.05, 3.63) is 0 Å². The fourth-order valence-electron chi connectivity index (χ4n) is 9.42. The molecule has 0 radical (unpaired) electrons. The van der Waals surface area contributed by atoms with E-state index in [4.69, 9.17) is 4.74 Å². The fraction of sp³-hybridized carbons (Fsp3) is 0.931. The molecule has 0 aromatic rings. The van der Waals surface area contributed by atoms with Crippen LogP contribution in [0.1, 0.15) is 112 Å². The zero-order valence-electron chi connectivity index (χ0n) is 21.6. The van der Waals surface area contributed by atoms with Gasteiger partial charge in [0, 0.05) is 13.3 Å². The standard InChI is InChI=1S/C29H48O3/c1-18(2)8-7-9-19(3)23-12-13-24-22-11-10-21-16-27(32-20(4)30)26(31)17-29(21,6)25(22)14-15-28(23,24)5/h18-19,21-25,27H,7-17H2,1-6H3/t19-,21+,22+,23-,24+,25+,27+,28-,29+/m1/s1. The van der Waals surface area contributed by atoms with Crippen LogP contribution < -0.4 is 0 Å². The van der Waals surface area contributed by atoms with E-state index < -0.39 is 6.10 Å². The molecule has 0 N–H and O–H groups in total. The fourth-order valence-corrected chi connectivity index (χ4v) is 9.42. The molecule has 4 aliphatic carbocycles. The summed E-state index contributed by atoms with van der Waals surface area (Å²) in [6.45, 7) is 13.7. The lowest BCUT2D eigenvalue weighted by Gasteiger charge is -2.61. The lowest BCUT2D eigenvalue weighted by atomic mass is 9.44. The lowest BCUT2D eigenvalue weighted by Crippen LogP contribution is -2.56. The maximum atomic E-state index is 13.0. The monoisotopic (exact) mass is 444 g/mol. The minimum Gasteiger partial charge on any atom is -0.455 e. The Morgan fingerprint density at radius 1 is 1.00 bits per heavy atom. The first kappa shape index (κ1) is 24.3. The minimum absolute atomic E-state index is 0.110. The van der Waals surface area contributed by atoms with Crippen LogP contribution in [0.3, 0.4) is 0 Å². The molecule has 9 atom stereocenters. The van der Waals surface area contributed by atoms with Crippen molar-refractivity contribution in [3.63, 3.8) is 0 Å². The van der Waals surface area contributed by atoms with Crippen LogP contribution in [-0.4, -0.2) is 17.9 Å². The third-order valence-electron chi connectivity index (χ3n) is 11.0. The highest BCUT2D eigenvalue weighted by Gasteiger charge is 2.61. The minimum atomic E-state index is -0.487. The predicted octanol–water partition coefficient (Wildman–Crippen LogP) is 7.22.